The molecule has 0 unspecified atom stereocenters. The first-order valence-corrected chi connectivity index (χ1v) is 10.0. The Hall–Kier alpha value is -2.80. The summed E-state index contributed by atoms with van der Waals surface area (Å²) in [5.41, 5.74) is 1.92. The Morgan fingerprint density at radius 2 is 1.85 bits per heavy atom. The minimum Gasteiger partial charge on any atom is -0.467 e. The van der Waals surface area contributed by atoms with Gasteiger partial charge in [0.15, 0.2) is 0 Å². The Balaban J connectivity index is 1.47. The Morgan fingerprint density at radius 1 is 1.00 bits per heavy atom. The zero-order valence-corrected chi connectivity index (χ0v) is 15.1. The lowest BCUT2D eigenvalue weighted by Crippen LogP contribution is -2.18. The molecule has 136 valence electrons. The summed E-state index contributed by atoms with van der Waals surface area (Å²) in [6.07, 6.45) is 4.49. The van der Waals surface area contributed by atoms with Gasteiger partial charge < -0.3 is 9.73 Å². The van der Waals surface area contributed by atoms with Crippen LogP contribution >= 0.6 is 0 Å². The Morgan fingerprint density at radius 3 is 2.54 bits per heavy atom. The van der Waals surface area contributed by atoms with Crippen LogP contribution in [0.4, 0.5) is 11.5 Å². The zero-order chi connectivity index (χ0) is 18.2. The molecule has 26 heavy (non-hydrogen) atoms. The lowest BCUT2D eigenvalue weighted by molar-refractivity contribution is 0.518. The second-order valence-corrected chi connectivity index (χ2v) is 7.72. The van der Waals surface area contributed by atoms with E-state index in [1.165, 1.54) is 0 Å². The van der Waals surface area contributed by atoms with Crippen LogP contribution in [0.2, 0.25) is 0 Å². The molecule has 2 aromatic heterocycles. The topological polar surface area (TPSA) is 84.2 Å². The molecule has 0 aliphatic heterocycles. The number of aromatic nitrogens is 1. The second-order valence-electron chi connectivity index (χ2n) is 5.88. The smallest absolute Gasteiger partial charge is 0.233 e. The van der Waals surface area contributed by atoms with Crippen LogP contribution in [0.25, 0.3) is 0 Å². The maximum atomic E-state index is 12.2. The highest BCUT2D eigenvalue weighted by atomic mass is 32.2. The van der Waals surface area contributed by atoms with Crippen LogP contribution in [0.5, 0.6) is 0 Å². The van der Waals surface area contributed by atoms with Crippen molar-refractivity contribution < 1.29 is 12.8 Å². The molecule has 7 heteroatoms. The van der Waals surface area contributed by atoms with Gasteiger partial charge in [-0.25, -0.2) is 13.4 Å². The van der Waals surface area contributed by atoms with Crippen molar-refractivity contribution in [1.29, 1.82) is 0 Å². The number of hydrogen-bond acceptors (Lipinski definition) is 5. The number of pyridine rings is 1. The molecule has 0 atom stereocenters. The lowest BCUT2D eigenvalue weighted by atomic mass is 10.1. The number of furan rings is 1. The summed E-state index contributed by atoms with van der Waals surface area (Å²) in [4.78, 5) is 4.15. The molecule has 0 aliphatic carbocycles. The van der Waals surface area contributed by atoms with Crippen molar-refractivity contribution in [2.45, 2.75) is 19.4 Å². The number of aryl methyl sites for hydroxylation is 1. The molecule has 0 saturated carbocycles. The van der Waals surface area contributed by atoms with Crippen molar-refractivity contribution in [1.82, 2.24) is 4.98 Å². The van der Waals surface area contributed by atoms with Gasteiger partial charge in [0.25, 0.3) is 0 Å². The van der Waals surface area contributed by atoms with Gasteiger partial charge in [-0.1, -0.05) is 30.3 Å². The molecule has 1 aromatic carbocycles. The first-order chi connectivity index (χ1) is 12.6. The normalized spacial score (nSPS) is 11.2. The van der Waals surface area contributed by atoms with Crippen LogP contribution in [-0.2, 0) is 23.0 Å². The largest absolute Gasteiger partial charge is 0.467 e. The minimum absolute atomic E-state index is 0.0576. The monoisotopic (exact) mass is 371 g/mol. The highest BCUT2D eigenvalue weighted by molar-refractivity contribution is 7.92. The van der Waals surface area contributed by atoms with Gasteiger partial charge in [-0.15, -0.1) is 0 Å². The Kier molecular flexibility index (Phi) is 5.91. The number of benzene rings is 1. The van der Waals surface area contributed by atoms with E-state index >= 15 is 0 Å². The summed E-state index contributed by atoms with van der Waals surface area (Å²) in [6.45, 7) is 0.541. The second kappa shape index (κ2) is 8.53. The molecule has 0 saturated heterocycles. The van der Waals surface area contributed by atoms with Crippen LogP contribution in [0.15, 0.2) is 71.5 Å². The fourth-order valence-corrected chi connectivity index (χ4v) is 3.55. The summed E-state index contributed by atoms with van der Waals surface area (Å²) in [7, 11) is -3.41. The van der Waals surface area contributed by atoms with Crippen molar-refractivity contribution in [3.63, 3.8) is 0 Å². The van der Waals surface area contributed by atoms with Gasteiger partial charge >= 0.3 is 0 Å². The lowest BCUT2D eigenvalue weighted by Gasteiger charge is -2.09. The molecule has 3 rings (SSSR count). The van der Waals surface area contributed by atoms with E-state index < -0.39 is 10.0 Å². The van der Waals surface area contributed by atoms with Crippen LogP contribution in [0.1, 0.15) is 17.7 Å². The van der Waals surface area contributed by atoms with Gasteiger partial charge in [0.1, 0.15) is 11.6 Å². The van der Waals surface area contributed by atoms with Crippen molar-refractivity contribution in [3.8, 4) is 0 Å². The number of nitrogens with one attached hydrogen (secondary N) is 2. The molecule has 0 spiro atoms. The predicted octanol–water partition coefficient (Wildman–Crippen LogP) is 3.66. The van der Waals surface area contributed by atoms with Crippen LogP contribution in [0, 0.1) is 0 Å². The third-order valence-corrected chi connectivity index (χ3v) is 5.14. The van der Waals surface area contributed by atoms with Gasteiger partial charge in [0.2, 0.25) is 10.0 Å². The molecular formula is C19H21N3O3S. The summed E-state index contributed by atoms with van der Waals surface area (Å²) in [5.74, 6) is 1.18. The maximum Gasteiger partial charge on any atom is 0.233 e. The van der Waals surface area contributed by atoms with Gasteiger partial charge in [0.05, 0.1) is 30.4 Å². The van der Waals surface area contributed by atoms with Gasteiger partial charge in [-0.3, -0.25) is 4.72 Å². The third kappa shape index (κ3) is 5.63. The predicted molar refractivity (Wildman–Crippen MR) is 102 cm³/mol. The molecule has 6 nitrogen and oxygen atoms in total. The van der Waals surface area contributed by atoms with E-state index in [4.69, 9.17) is 4.42 Å². The van der Waals surface area contributed by atoms with Gasteiger partial charge in [0, 0.05) is 0 Å². The van der Waals surface area contributed by atoms with E-state index in [0.29, 0.717) is 18.8 Å². The molecular weight excluding hydrogens is 350 g/mol. The first kappa shape index (κ1) is 18.0. The number of rotatable bonds is 9. The van der Waals surface area contributed by atoms with Crippen molar-refractivity contribution in [3.05, 3.63) is 78.4 Å². The number of nitrogens with zero attached hydrogens (tertiary/aromatic N) is 1. The van der Waals surface area contributed by atoms with Crippen molar-refractivity contribution >= 4 is 21.5 Å². The van der Waals surface area contributed by atoms with Crippen LogP contribution in [0.3, 0.4) is 0 Å². The van der Waals surface area contributed by atoms with E-state index in [9.17, 15) is 8.42 Å². The molecule has 0 radical (unpaired) electrons. The van der Waals surface area contributed by atoms with Crippen molar-refractivity contribution in [2.24, 2.45) is 0 Å². The van der Waals surface area contributed by atoms with E-state index in [0.717, 1.165) is 23.4 Å². The first-order valence-electron chi connectivity index (χ1n) is 8.37. The summed E-state index contributed by atoms with van der Waals surface area (Å²) >= 11 is 0. The Bertz CT molecular complexity index is 893. The standard InChI is InChI=1S/C19H21N3O3S/c23-26(24,13-5-8-16-6-2-1-3-7-16)22-19-11-10-17(14-21-19)20-15-18-9-4-12-25-18/h1-4,6-7,9-12,14,20H,5,8,13,15H2,(H,21,22). The molecule has 0 amide bonds. The van der Waals surface area contributed by atoms with Gasteiger partial charge in [-0.2, -0.15) is 0 Å². The SMILES string of the molecule is O=S(=O)(CCCc1ccccc1)Nc1ccc(NCc2ccco2)cn1. The van der Waals surface area contributed by atoms with Crippen LogP contribution < -0.4 is 10.0 Å². The molecule has 2 N–H and O–H groups in total. The minimum atomic E-state index is -3.41. The molecule has 0 bridgehead atoms. The zero-order valence-electron chi connectivity index (χ0n) is 14.3. The molecule has 2 heterocycles. The summed E-state index contributed by atoms with van der Waals surface area (Å²) < 4.78 is 32.1. The highest BCUT2D eigenvalue weighted by Crippen LogP contribution is 2.13. The van der Waals surface area contributed by atoms with Crippen molar-refractivity contribution in [2.75, 3.05) is 15.8 Å². The summed E-state index contributed by atoms with van der Waals surface area (Å²) in [6, 6.07) is 17.0. The van der Waals surface area contributed by atoms with E-state index in [1.807, 2.05) is 42.5 Å². The fourth-order valence-electron chi connectivity index (χ4n) is 2.48. The van der Waals surface area contributed by atoms with E-state index in [1.54, 1.807) is 24.6 Å². The number of hydrogen-bond donors (Lipinski definition) is 2. The average molecular weight is 371 g/mol. The van der Waals surface area contributed by atoms with Gasteiger partial charge in [-0.05, 0) is 42.7 Å². The molecule has 3 aromatic rings. The molecule has 0 fully saturated rings. The van der Waals surface area contributed by atoms with E-state index in [2.05, 4.69) is 15.0 Å². The average Bonchev–Trinajstić information content (AvgIpc) is 3.15. The quantitative estimate of drug-likeness (QED) is 0.600. The number of anilines is 2. The van der Waals surface area contributed by atoms with Crippen LogP contribution in [-0.4, -0.2) is 19.2 Å². The highest BCUT2D eigenvalue weighted by Gasteiger charge is 2.11. The fraction of sp³-hybridized carbons (Fsp3) is 0.211. The molecule has 0 aliphatic rings. The maximum absolute atomic E-state index is 12.2. The van der Waals surface area contributed by atoms with E-state index in [-0.39, 0.29) is 5.75 Å². The third-order valence-electron chi connectivity index (χ3n) is 3.79. The number of sulfonamides is 1. The Labute approximate surface area is 153 Å². The summed E-state index contributed by atoms with van der Waals surface area (Å²) in [5, 5.41) is 3.16.